The second kappa shape index (κ2) is 6.03. The molecule has 1 fully saturated rings. The molecule has 0 spiro atoms. The Hall–Kier alpha value is -1.24. The number of ether oxygens (including phenoxy) is 1. The molecule has 1 aliphatic rings. The highest BCUT2D eigenvalue weighted by Crippen LogP contribution is 2.33. The molecule has 0 atom stereocenters. The number of carbonyl (C=O) groups excluding carboxylic acids is 1. The summed E-state index contributed by atoms with van der Waals surface area (Å²) < 4.78 is 18.9. The Morgan fingerprint density at radius 1 is 1.45 bits per heavy atom. The van der Waals surface area contributed by atoms with E-state index in [0.29, 0.717) is 31.1 Å². The van der Waals surface area contributed by atoms with Crippen molar-refractivity contribution in [2.24, 2.45) is 11.1 Å². The van der Waals surface area contributed by atoms with Gasteiger partial charge in [0.15, 0.2) is 0 Å². The van der Waals surface area contributed by atoms with Gasteiger partial charge in [-0.3, -0.25) is 4.79 Å². The van der Waals surface area contributed by atoms with E-state index in [1.807, 2.05) is 0 Å². The minimum Gasteiger partial charge on any atom is -0.392 e. The quantitative estimate of drug-likeness (QED) is 0.841. The van der Waals surface area contributed by atoms with Gasteiger partial charge in [0.25, 0.3) is 0 Å². The highest BCUT2D eigenvalue weighted by molar-refractivity contribution is 7.80. The molecule has 0 saturated carbocycles. The lowest BCUT2D eigenvalue weighted by Crippen LogP contribution is -2.49. The van der Waals surface area contributed by atoms with Crippen molar-refractivity contribution in [3.63, 3.8) is 0 Å². The van der Waals surface area contributed by atoms with E-state index in [2.05, 4.69) is 5.32 Å². The van der Waals surface area contributed by atoms with Crippen molar-refractivity contribution in [1.29, 1.82) is 0 Å². The first-order valence-corrected chi connectivity index (χ1v) is 6.88. The van der Waals surface area contributed by atoms with Crippen LogP contribution in [0.3, 0.4) is 0 Å². The van der Waals surface area contributed by atoms with Crippen molar-refractivity contribution < 1.29 is 13.9 Å². The van der Waals surface area contributed by atoms with Gasteiger partial charge < -0.3 is 15.8 Å². The van der Waals surface area contributed by atoms with Crippen LogP contribution in [0.2, 0.25) is 5.02 Å². The molecule has 1 aliphatic heterocycles. The molecule has 1 aromatic carbocycles. The molecule has 1 aromatic rings. The number of hydrogen-bond donors (Lipinski definition) is 2. The number of benzene rings is 1. The van der Waals surface area contributed by atoms with Crippen LogP contribution in [0.5, 0.6) is 0 Å². The summed E-state index contributed by atoms with van der Waals surface area (Å²) in [6.45, 7) is 0.783. The summed E-state index contributed by atoms with van der Waals surface area (Å²) in [5.74, 6) is -0.984. The van der Waals surface area contributed by atoms with Crippen molar-refractivity contribution in [2.75, 3.05) is 18.5 Å². The summed E-state index contributed by atoms with van der Waals surface area (Å²) in [6.07, 6.45) is 0.771. The van der Waals surface area contributed by atoms with Crippen LogP contribution in [0.25, 0.3) is 0 Å². The predicted molar refractivity (Wildman–Crippen MR) is 79.3 cm³/mol. The molecule has 1 heterocycles. The van der Waals surface area contributed by atoms with Gasteiger partial charge in [0, 0.05) is 18.2 Å². The summed E-state index contributed by atoms with van der Waals surface area (Å²) in [4.78, 5) is 12.5. The van der Waals surface area contributed by atoms with Gasteiger partial charge in [-0.05, 0) is 31.0 Å². The molecule has 1 saturated heterocycles. The summed E-state index contributed by atoms with van der Waals surface area (Å²) in [6, 6.07) is 3.95. The van der Waals surface area contributed by atoms with Gasteiger partial charge in [-0.2, -0.15) is 0 Å². The van der Waals surface area contributed by atoms with Gasteiger partial charge in [-0.25, -0.2) is 4.39 Å². The summed E-state index contributed by atoms with van der Waals surface area (Å²) in [5.41, 5.74) is 4.74. The van der Waals surface area contributed by atoms with Gasteiger partial charge >= 0.3 is 0 Å². The Morgan fingerprint density at radius 3 is 2.70 bits per heavy atom. The van der Waals surface area contributed by atoms with Gasteiger partial charge in [0.1, 0.15) is 11.2 Å². The molecule has 7 heteroatoms. The molecule has 20 heavy (non-hydrogen) atoms. The summed E-state index contributed by atoms with van der Waals surface area (Å²) in [5, 5.41) is 2.85. The van der Waals surface area contributed by atoms with Gasteiger partial charge in [-0.15, -0.1) is 0 Å². The zero-order valence-corrected chi connectivity index (χ0v) is 12.2. The van der Waals surface area contributed by atoms with Crippen LogP contribution in [0.1, 0.15) is 12.8 Å². The lowest BCUT2D eigenvalue weighted by Gasteiger charge is -2.34. The van der Waals surface area contributed by atoms with Crippen molar-refractivity contribution in [3.05, 3.63) is 29.0 Å². The van der Waals surface area contributed by atoms with E-state index in [1.54, 1.807) is 0 Å². The standard InChI is InChI=1S/C13H14ClFN2O2S/c14-8-1-2-9(15)10(7-8)17-12(18)13(11(16)20)3-5-19-6-4-13/h1-2,7H,3-6H2,(H2,16,20)(H,17,18). The number of nitrogens with two attached hydrogens (primary N) is 1. The molecular formula is C13H14ClFN2O2S. The molecule has 3 N–H and O–H groups in total. The summed E-state index contributed by atoms with van der Waals surface area (Å²) >= 11 is 10.8. The Bertz CT molecular complexity index is 547. The van der Waals surface area contributed by atoms with E-state index in [0.717, 1.165) is 0 Å². The van der Waals surface area contributed by atoms with E-state index >= 15 is 0 Å². The lowest BCUT2D eigenvalue weighted by atomic mass is 9.79. The highest BCUT2D eigenvalue weighted by atomic mass is 35.5. The topological polar surface area (TPSA) is 64.4 Å². The second-order valence-corrected chi connectivity index (χ2v) is 5.51. The number of rotatable bonds is 3. The first-order chi connectivity index (χ1) is 9.45. The molecule has 4 nitrogen and oxygen atoms in total. The van der Waals surface area contributed by atoms with Crippen molar-refractivity contribution in [3.8, 4) is 0 Å². The van der Waals surface area contributed by atoms with Gasteiger partial charge in [-0.1, -0.05) is 23.8 Å². The molecule has 0 aliphatic carbocycles. The first kappa shape index (κ1) is 15.2. The maximum absolute atomic E-state index is 13.7. The SMILES string of the molecule is NC(=S)C1(C(=O)Nc2cc(Cl)ccc2F)CCOCC1. The van der Waals surface area contributed by atoms with E-state index in [4.69, 9.17) is 34.3 Å². The molecule has 0 radical (unpaired) electrons. The fourth-order valence-corrected chi connectivity index (χ4v) is 2.61. The van der Waals surface area contributed by atoms with Crippen LogP contribution in [0.4, 0.5) is 10.1 Å². The Kier molecular flexibility index (Phi) is 4.57. The zero-order chi connectivity index (χ0) is 14.8. The fraction of sp³-hybridized carbons (Fsp3) is 0.385. The average molecular weight is 317 g/mol. The smallest absolute Gasteiger partial charge is 0.237 e. The normalized spacial score (nSPS) is 17.5. The lowest BCUT2D eigenvalue weighted by molar-refractivity contribution is -0.126. The Balaban J connectivity index is 2.25. The number of hydrogen-bond acceptors (Lipinski definition) is 3. The van der Waals surface area contributed by atoms with Gasteiger partial charge in [0.2, 0.25) is 5.91 Å². The number of nitrogens with one attached hydrogen (secondary N) is 1. The molecular weight excluding hydrogens is 303 g/mol. The van der Waals surface area contributed by atoms with Crippen LogP contribution in [-0.2, 0) is 9.53 Å². The second-order valence-electron chi connectivity index (χ2n) is 4.64. The zero-order valence-electron chi connectivity index (χ0n) is 10.6. The Labute approximate surface area is 126 Å². The van der Waals surface area contributed by atoms with Crippen molar-refractivity contribution in [1.82, 2.24) is 0 Å². The van der Waals surface area contributed by atoms with Gasteiger partial charge in [0.05, 0.1) is 10.7 Å². The number of amides is 1. The minimum atomic E-state index is -0.998. The number of anilines is 1. The maximum atomic E-state index is 13.7. The highest BCUT2D eigenvalue weighted by Gasteiger charge is 2.43. The van der Waals surface area contributed by atoms with Crippen molar-refractivity contribution in [2.45, 2.75) is 12.8 Å². The molecule has 0 aromatic heterocycles. The average Bonchev–Trinajstić information content (AvgIpc) is 2.43. The third-order valence-corrected chi connectivity index (χ3v) is 4.06. The van der Waals surface area contributed by atoms with Crippen molar-refractivity contribution >= 4 is 40.4 Å². The molecule has 2 rings (SSSR count). The molecule has 1 amide bonds. The first-order valence-electron chi connectivity index (χ1n) is 6.10. The molecule has 108 valence electrons. The maximum Gasteiger partial charge on any atom is 0.237 e. The molecule has 0 unspecified atom stereocenters. The number of thiocarbonyl (C=S) groups is 1. The van der Waals surface area contributed by atoms with Crippen LogP contribution < -0.4 is 11.1 Å². The monoisotopic (exact) mass is 316 g/mol. The van der Waals surface area contributed by atoms with Crippen LogP contribution in [0.15, 0.2) is 18.2 Å². The fourth-order valence-electron chi connectivity index (χ4n) is 2.14. The third-order valence-electron chi connectivity index (χ3n) is 3.43. The van der Waals surface area contributed by atoms with Crippen LogP contribution in [-0.4, -0.2) is 24.1 Å². The van der Waals surface area contributed by atoms with Crippen LogP contribution >= 0.6 is 23.8 Å². The predicted octanol–water partition coefficient (Wildman–Crippen LogP) is 2.50. The van der Waals surface area contributed by atoms with E-state index in [-0.39, 0.29) is 10.7 Å². The van der Waals surface area contributed by atoms with E-state index < -0.39 is 17.1 Å². The molecule has 0 bridgehead atoms. The number of carbonyl (C=O) groups is 1. The minimum absolute atomic E-state index is 0.0182. The Morgan fingerprint density at radius 2 is 2.10 bits per heavy atom. The van der Waals surface area contributed by atoms with Crippen LogP contribution in [0, 0.1) is 11.2 Å². The number of halogens is 2. The summed E-state index contributed by atoms with van der Waals surface area (Å²) in [7, 11) is 0. The largest absolute Gasteiger partial charge is 0.392 e. The van der Waals surface area contributed by atoms with E-state index in [1.165, 1.54) is 18.2 Å². The third kappa shape index (κ3) is 2.92. The van der Waals surface area contributed by atoms with E-state index in [9.17, 15) is 9.18 Å².